The van der Waals surface area contributed by atoms with Gasteiger partial charge in [-0.1, -0.05) is 13.0 Å². The van der Waals surface area contributed by atoms with Crippen molar-refractivity contribution in [2.75, 3.05) is 19.6 Å². The maximum absolute atomic E-state index is 6.10. The number of fused-ring (bicyclic) bond motifs is 3. The third kappa shape index (κ3) is 2.05. The zero-order valence-corrected chi connectivity index (χ0v) is 12.4. The van der Waals surface area contributed by atoms with Gasteiger partial charge in [0.2, 0.25) is 0 Å². The van der Waals surface area contributed by atoms with E-state index >= 15 is 0 Å². The van der Waals surface area contributed by atoms with Gasteiger partial charge < -0.3 is 9.47 Å². The Balaban J connectivity index is 2.05. The Hall–Kier alpha value is -0.730. The van der Waals surface area contributed by atoms with Gasteiger partial charge >= 0.3 is 0 Å². The molecule has 19 heavy (non-hydrogen) atoms. The van der Waals surface area contributed by atoms with E-state index in [4.69, 9.17) is 21.1 Å². The van der Waals surface area contributed by atoms with E-state index in [1.807, 2.05) is 0 Å². The van der Waals surface area contributed by atoms with Crippen LogP contribution in [0.25, 0.3) is 0 Å². The molecule has 3 rings (SSSR count). The van der Waals surface area contributed by atoms with Gasteiger partial charge in [0.1, 0.15) is 5.75 Å². The Morgan fingerprint density at radius 1 is 1.47 bits per heavy atom. The van der Waals surface area contributed by atoms with Crippen molar-refractivity contribution in [2.45, 2.75) is 37.7 Å². The van der Waals surface area contributed by atoms with Crippen LogP contribution in [0.1, 0.15) is 30.9 Å². The number of halogens is 1. The van der Waals surface area contributed by atoms with Gasteiger partial charge in [-0.05, 0) is 48.4 Å². The fraction of sp³-hybridized carbons (Fsp3) is 0.625. The highest BCUT2D eigenvalue weighted by atomic mass is 35.5. The minimum absolute atomic E-state index is 0.180. The van der Waals surface area contributed by atoms with E-state index in [2.05, 4.69) is 25.1 Å². The smallest absolute Gasteiger partial charge is 0.119 e. The van der Waals surface area contributed by atoms with E-state index < -0.39 is 0 Å². The Morgan fingerprint density at radius 3 is 3.05 bits per heavy atom. The highest BCUT2D eigenvalue weighted by Crippen LogP contribution is 2.49. The van der Waals surface area contributed by atoms with Gasteiger partial charge in [-0.3, -0.25) is 0 Å². The van der Waals surface area contributed by atoms with Crippen LogP contribution in [-0.4, -0.2) is 25.7 Å². The predicted molar refractivity (Wildman–Crippen MR) is 77.2 cm³/mol. The number of methoxy groups -OCH3 is 1. The molecule has 0 N–H and O–H groups in total. The van der Waals surface area contributed by atoms with Crippen LogP contribution in [0.15, 0.2) is 18.2 Å². The molecule has 0 bridgehead atoms. The monoisotopic (exact) mass is 280 g/mol. The minimum Gasteiger partial charge on any atom is -0.497 e. The van der Waals surface area contributed by atoms with Gasteiger partial charge in [0.15, 0.2) is 0 Å². The molecule has 1 heterocycles. The van der Waals surface area contributed by atoms with Crippen LogP contribution in [-0.2, 0) is 16.6 Å². The van der Waals surface area contributed by atoms with Crippen LogP contribution in [0.3, 0.4) is 0 Å². The Morgan fingerprint density at radius 2 is 2.32 bits per heavy atom. The molecule has 0 aromatic heterocycles. The summed E-state index contributed by atoms with van der Waals surface area (Å²) in [6, 6.07) is 6.51. The molecule has 1 aromatic rings. The van der Waals surface area contributed by atoms with Gasteiger partial charge in [-0.2, -0.15) is 0 Å². The molecule has 1 saturated heterocycles. The summed E-state index contributed by atoms with van der Waals surface area (Å²) in [7, 11) is 1.73. The van der Waals surface area contributed by atoms with Crippen LogP contribution in [0, 0.1) is 5.92 Å². The maximum Gasteiger partial charge on any atom is 0.119 e. The van der Waals surface area contributed by atoms with Gasteiger partial charge in [0.05, 0.1) is 13.2 Å². The summed E-state index contributed by atoms with van der Waals surface area (Å²) in [5.74, 6) is 2.08. The average Bonchev–Trinajstić information content (AvgIpc) is 2.45. The molecule has 0 radical (unpaired) electrons. The van der Waals surface area contributed by atoms with Crippen molar-refractivity contribution in [3.63, 3.8) is 0 Å². The van der Waals surface area contributed by atoms with Gasteiger partial charge in [-0.15, -0.1) is 11.6 Å². The van der Waals surface area contributed by atoms with Crippen LogP contribution in [0.2, 0.25) is 0 Å². The Labute approximate surface area is 120 Å². The number of ether oxygens (including phenoxy) is 2. The molecule has 0 saturated carbocycles. The summed E-state index contributed by atoms with van der Waals surface area (Å²) < 4.78 is 11.3. The van der Waals surface area contributed by atoms with Crippen LogP contribution in [0.4, 0.5) is 0 Å². The number of alkyl halides is 1. The van der Waals surface area contributed by atoms with Crippen molar-refractivity contribution in [3.05, 3.63) is 29.3 Å². The zero-order valence-electron chi connectivity index (χ0n) is 11.6. The molecule has 1 aromatic carbocycles. The summed E-state index contributed by atoms with van der Waals surface area (Å²) in [5.41, 5.74) is 3.09. The number of rotatable bonds is 2. The topological polar surface area (TPSA) is 18.5 Å². The molecule has 0 spiro atoms. The maximum atomic E-state index is 6.10. The summed E-state index contributed by atoms with van der Waals surface area (Å²) in [6.45, 7) is 3.18. The quantitative estimate of drug-likeness (QED) is 0.772. The second-order valence-corrected chi connectivity index (χ2v) is 6.21. The van der Waals surface area contributed by atoms with Crippen molar-refractivity contribution < 1.29 is 9.47 Å². The van der Waals surface area contributed by atoms with Crippen molar-refractivity contribution >= 4 is 11.6 Å². The largest absolute Gasteiger partial charge is 0.497 e. The lowest BCUT2D eigenvalue weighted by Gasteiger charge is -2.49. The Kier molecular flexibility index (Phi) is 3.48. The van der Waals surface area contributed by atoms with Gasteiger partial charge in [0.25, 0.3) is 0 Å². The van der Waals surface area contributed by atoms with Gasteiger partial charge in [-0.25, -0.2) is 0 Å². The van der Waals surface area contributed by atoms with Crippen molar-refractivity contribution in [1.82, 2.24) is 0 Å². The first kappa shape index (κ1) is 13.3. The highest BCUT2D eigenvalue weighted by Gasteiger charge is 2.46. The number of hydrogen-bond acceptors (Lipinski definition) is 2. The first-order valence-electron chi connectivity index (χ1n) is 7.04. The third-order valence-electron chi connectivity index (χ3n) is 5.03. The number of aryl methyl sites for hydroxylation is 1. The lowest BCUT2D eigenvalue weighted by atomic mass is 9.60. The second kappa shape index (κ2) is 4.99. The number of benzene rings is 1. The summed E-state index contributed by atoms with van der Waals surface area (Å²) in [4.78, 5) is 0. The standard InChI is InChI=1S/C16H21ClO2/c1-16-7-8-19-15(10-17)13(16)6-4-11-3-5-12(18-2)9-14(11)16/h3,5,9,13,15H,4,6-8,10H2,1-2H3/t13-,15-,16-/m0/s1. The third-order valence-corrected chi connectivity index (χ3v) is 5.33. The molecule has 2 aliphatic rings. The highest BCUT2D eigenvalue weighted by molar-refractivity contribution is 6.18. The fourth-order valence-corrected chi connectivity index (χ4v) is 4.17. The van der Waals surface area contributed by atoms with E-state index in [0.29, 0.717) is 11.8 Å². The average molecular weight is 281 g/mol. The summed E-state index contributed by atoms with van der Waals surface area (Å²) in [6.07, 6.45) is 3.56. The molecule has 2 nitrogen and oxygen atoms in total. The van der Waals surface area contributed by atoms with Crippen LogP contribution < -0.4 is 4.74 Å². The van der Waals surface area contributed by atoms with E-state index in [9.17, 15) is 0 Å². The van der Waals surface area contributed by atoms with Crippen molar-refractivity contribution in [2.24, 2.45) is 5.92 Å². The lowest BCUT2D eigenvalue weighted by Crippen LogP contribution is -2.49. The Bertz CT molecular complexity index is 474. The molecular formula is C16H21ClO2. The molecule has 104 valence electrons. The molecule has 3 heteroatoms. The zero-order chi connectivity index (χ0) is 13.5. The normalized spacial score (nSPS) is 33.4. The molecule has 1 aliphatic heterocycles. The van der Waals surface area contributed by atoms with Crippen LogP contribution in [0.5, 0.6) is 5.75 Å². The van der Waals surface area contributed by atoms with Crippen molar-refractivity contribution in [1.29, 1.82) is 0 Å². The van der Waals surface area contributed by atoms with E-state index in [1.165, 1.54) is 17.5 Å². The van der Waals surface area contributed by atoms with Crippen LogP contribution >= 0.6 is 11.6 Å². The second-order valence-electron chi connectivity index (χ2n) is 5.90. The fourth-order valence-electron chi connectivity index (χ4n) is 3.87. The first-order chi connectivity index (χ1) is 9.19. The molecule has 1 aliphatic carbocycles. The van der Waals surface area contributed by atoms with Gasteiger partial charge in [0, 0.05) is 17.9 Å². The lowest BCUT2D eigenvalue weighted by molar-refractivity contribution is -0.0607. The van der Waals surface area contributed by atoms with Crippen molar-refractivity contribution in [3.8, 4) is 5.75 Å². The summed E-state index contributed by atoms with van der Waals surface area (Å²) >= 11 is 6.10. The van der Waals surface area contributed by atoms with E-state index in [0.717, 1.165) is 25.2 Å². The van der Waals surface area contributed by atoms with E-state index in [1.54, 1.807) is 7.11 Å². The number of hydrogen-bond donors (Lipinski definition) is 0. The molecule has 1 fully saturated rings. The molecule has 0 amide bonds. The predicted octanol–water partition coefficient (Wildman–Crippen LogP) is 3.54. The molecule has 0 unspecified atom stereocenters. The molecular weight excluding hydrogens is 260 g/mol. The summed E-state index contributed by atoms with van der Waals surface area (Å²) in [5, 5.41) is 0. The SMILES string of the molecule is COc1ccc2c(c1)[C@@]1(C)CCO[C@@H](CCl)[C@@H]1CC2. The molecule has 3 atom stereocenters. The minimum atomic E-state index is 0.180. The first-order valence-corrected chi connectivity index (χ1v) is 7.57. The van der Waals surface area contributed by atoms with E-state index in [-0.39, 0.29) is 11.5 Å².